The Bertz CT molecular complexity index is 1070. The quantitative estimate of drug-likeness (QED) is 0.453. The number of ether oxygens (including phenoxy) is 2. The Labute approximate surface area is 176 Å². The Kier molecular flexibility index (Phi) is 6.81. The van der Waals surface area contributed by atoms with Gasteiger partial charge in [-0.05, 0) is 30.3 Å². The van der Waals surface area contributed by atoms with Gasteiger partial charge in [0, 0.05) is 5.69 Å². The molecule has 154 valence electrons. The van der Waals surface area contributed by atoms with Crippen LogP contribution >= 0.6 is 11.8 Å². The Balaban J connectivity index is 1.74. The van der Waals surface area contributed by atoms with Crippen LogP contribution in [0.1, 0.15) is 20.7 Å². The molecule has 9 nitrogen and oxygen atoms in total. The van der Waals surface area contributed by atoms with E-state index in [4.69, 9.17) is 4.74 Å². The van der Waals surface area contributed by atoms with Crippen LogP contribution in [0.4, 0.5) is 5.69 Å². The number of nitrogens with one attached hydrogen (secondary N) is 1. The van der Waals surface area contributed by atoms with E-state index in [1.54, 1.807) is 10.9 Å². The molecule has 3 aromatic rings. The highest BCUT2D eigenvalue weighted by Gasteiger charge is 2.18. The topological polar surface area (TPSA) is 112 Å². The van der Waals surface area contributed by atoms with Crippen LogP contribution in [0.15, 0.2) is 60.0 Å². The summed E-state index contributed by atoms with van der Waals surface area (Å²) in [6, 6.07) is 13.7. The number of para-hydroxylation sites is 1. The number of carbonyl (C=O) groups excluding carboxylic acids is 3. The van der Waals surface area contributed by atoms with Gasteiger partial charge in [-0.2, -0.15) is 0 Å². The zero-order valence-electron chi connectivity index (χ0n) is 16.2. The number of esters is 2. The van der Waals surface area contributed by atoms with Crippen LogP contribution in [-0.2, 0) is 14.3 Å². The van der Waals surface area contributed by atoms with Crippen LogP contribution in [0.2, 0.25) is 0 Å². The standard InChI is InChI=1S/C20H18N4O5S/c1-28-18(26)13-8-9-15(19(27)29-2)16(10-13)22-17(25)11-30-20-23-21-12-24(20)14-6-4-3-5-7-14/h3-10,12H,11H2,1-2H3,(H,22,25). The molecule has 0 spiro atoms. The maximum Gasteiger partial charge on any atom is 0.339 e. The van der Waals surface area contributed by atoms with Crippen molar-refractivity contribution in [1.82, 2.24) is 14.8 Å². The zero-order chi connectivity index (χ0) is 21.5. The second-order valence-electron chi connectivity index (χ2n) is 5.90. The average molecular weight is 426 g/mol. The first kappa shape index (κ1) is 21.1. The molecule has 0 aliphatic rings. The summed E-state index contributed by atoms with van der Waals surface area (Å²) in [5, 5.41) is 11.1. The number of benzene rings is 2. The molecule has 30 heavy (non-hydrogen) atoms. The molecule has 0 atom stereocenters. The summed E-state index contributed by atoms with van der Waals surface area (Å²) in [6.45, 7) is 0. The van der Waals surface area contributed by atoms with Crippen LogP contribution < -0.4 is 5.32 Å². The van der Waals surface area contributed by atoms with Crippen LogP contribution in [0.3, 0.4) is 0 Å². The lowest BCUT2D eigenvalue weighted by Gasteiger charge is -2.11. The number of thioether (sulfide) groups is 1. The first-order valence-electron chi connectivity index (χ1n) is 8.72. The molecule has 1 aromatic heterocycles. The van der Waals surface area contributed by atoms with Gasteiger partial charge in [0.05, 0.1) is 36.8 Å². The zero-order valence-corrected chi connectivity index (χ0v) is 17.0. The van der Waals surface area contributed by atoms with Gasteiger partial charge in [-0.1, -0.05) is 30.0 Å². The fraction of sp³-hybridized carbons (Fsp3) is 0.150. The minimum absolute atomic E-state index is 0.00852. The van der Waals surface area contributed by atoms with Gasteiger partial charge < -0.3 is 14.8 Å². The molecular weight excluding hydrogens is 408 g/mol. The summed E-state index contributed by atoms with van der Waals surface area (Å²) >= 11 is 1.18. The molecule has 0 aliphatic carbocycles. The maximum absolute atomic E-state index is 12.5. The van der Waals surface area contributed by atoms with E-state index in [1.807, 2.05) is 30.3 Å². The van der Waals surface area contributed by atoms with E-state index in [2.05, 4.69) is 20.3 Å². The van der Waals surface area contributed by atoms with E-state index in [1.165, 1.54) is 44.2 Å². The van der Waals surface area contributed by atoms with Crippen molar-refractivity contribution in [2.45, 2.75) is 5.16 Å². The van der Waals surface area contributed by atoms with E-state index in [9.17, 15) is 14.4 Å². The molecule has 10 heteroatoms. The third kappa shape index (κ3) is 4.84. The Morgan fingerprint density at radius 1 is 1.03 bits per heavy atom. The molecule has 1 amide bonds. The van der Waals surface area contributed by atoms with Crippen LogP contribution in [0.5, 0.6) is 0 Å². The number of hydrogen-bond donors (Lipinski definition) is 1. The summed E-state index contributed by atoms with van der Waals surface area (Å²) in [5.74, 6) is -1.62. The minimum atomic E-state index is -0.641. The van der Waals surface area contributed by atoms with Crippen molar-refractivity contribution in [3.05, 3.63) is 66.0 Å². The summed E-state index contributed by atoms with van der Waals surface area (Å²) in [5.41, 5.74) is 1.33. The summed E-state index contributed by atoms with van der Waals surface area (Å²) < 4.78 is 11.2. The van der Waals surface area contributed by atoms with E-state index in [0.717, 1.165) is 5.69 Å². The first-order chi connectivity index (χ1) is 14.5. The van der Waals surface area contributed by atoms with Crippen molar-refractivity contribution < 1.29 is 23.9 Å². The number of amides is 1. The van der Waals surface area contributed by atoms with Gasteiger partial charge in [0.1, 0.15) is 6.33 Å². The van der Waals surface area contributed by atoms with E-state index < -0.39 is 17.8 Å². The largest absolute Gasteiger partial charge is 0.465 e. The predicted octanol–water partition coefficient (Wildman–Crippen LogP) is 2.57. The monoisotopic (exact) mass is 426 g/mol. The van der Waals surface area contributed by atoms with Crippen molar-refractivity contribution in [2.75, 3.05) is 25.3 Å². The average Bonchev–Trinajstić information content (AvgIpc) is 3.26. The second kappa shape index (κ2) is 9.70. The van der Waals surface area contributed by atoms with Gasteiger partial charge in [-0.3, -0.25) is 9.36 Å². The van der Waals surface area contributed by atoms with Crippen LogP contribution in [-0.4, -0.2) is 52.6 Å². The molecule has 3 rings (SSSR count). The summed E-state index contributed by atoms with van der Waals surface area (Å²) in [7, 11) is 2.47. The number of nitrogens with zero attached hydrogens (tertiary/aromatic N) is 3. The number of anilines is 1. The first-order valence-corrected chi connectivity index (χ1v) is 9.71. The van der Waals surface area contributed by atoms with E-state index in [-0.39, 0.29) is 22.6 Å². The Hall–Kier alpha value is -3.66. The molecule has 0 saturated heterocycles. The van der Waals surface area contributed by atoms with Crippen LogP contribution in [0.25, 0.3) is 5.69 Å². The number of hydrogen-bond acceptors (Lipinski definition) is 8. The molecule has 1 N–H and O–H groups in total. The molecule has 0 aliphatic heterocycles. The van der Waals surface area contributed by atoms with Gasteiger partial charge >= 0.3 is 11.9 Å². The third-order valence-corrected chi connectivity index (χ3v) is 4.95. The lowest BCUT2D eigenvalue weighted by Crippen LogP contribution is -2.18. The fourth-order valence-corrected chi connectivity index (χ4v) is 3.31. The van der Waals surface area contributed by atoms with Crippen molar-refractivity contribution in [3.8, 4) is 5.69 Å². The van der Waals surface area contributed by atoms with Crippen molar-refractivity contribution >= 4 is 35.3 Å². The molecular formula is C20H18N4O5S. The lowest BCUT2D eigenvalue weighted by molar-refractivity contribution is -0.113. The number of rotatable bonds is 7. The molecule has 0 unspecified atom stereocenters. The van der Waals surface area contributed by atoms with Gasteiger partial charge in [0.2, 0.25) is 5.91 Å². The van der Waals surface area contributed by atoms with E-state index >= 15 is 0 Å². The number of methoxy groups -OCH3 is 2. The highest BCUT2D eigenvalue weighted by atomic mass is 32.2. The van der Waals surface area contributed by atoms with Gasteiger partial charge in [-0.15, -0.1) is 10.2 Å². The normalized spacial score (nSPS) is 10.3. The molecule has 1 heterocycles. The van der Waals surface area contributed by atoms with Crippen molar-refractivity contribution in [2.24, 2.45) is 0 Å². The highest BCUT2D eigenvalue weighted by Crippen LogP contribution is 2.22. The van der Waals surface area contributed by atoms with Gasteiger partial charge in [-0.25, -0.2) is 9.59 Å². The van der Waals surface area contributed by atoms with Crippen molar-refractivity contribution in [3.63, 3.8) is 0 Å². The second-order valence-corrected chi connectivity index (χ2v) is 6.84. The number of aromatic nitrogens is 3. The third-order valence-electron chi connectivity index (χ3n) is 4.00. The maximum atomic E-state index is 12.5. The Morgan fingerprint density at radius 2 is 1.77 bits per heavy atom. The minimum Gasteiger partial charge on any atom is -0.465 e. The van der Waals surface area contributed by atoms with Crippen LogP contribution in [0, 0.1) is 0 Å². The van der Waals surface area contributed by atoms with Gasteiger partial charge in [0.25, 0.3) is 0 Å². The molecule has 0 saturated carbocycles. The fourth-order valence-electron chi connectivity index (χ4n) is 2.59. The molecule has 2 aromatic carbocycles. The number of carbonyl (C=O) groups is 3. The molecule has 0 fully saturated rings. The summed E-state index contributed by atoms with van der Waals surface area (Å²) in [4.78, 5) is 36.3. The highest BCUT2D eigenvalue weighted by molar-refractivity contribution is 7.99. The van der Waals surface area contributed by atoms with Gasteiger partial charge in [0.15, 0.2) is 5.16 Å². The lowest BCUT2D eigenvalue weighted by atomic mass is 10.1. The smallest absolute Gasteiger partial charge is 0.339 e. The summed E-state index contributed by atoms with van der Waals surface area (Å²) in [6.07, 6.45) is 1.56. The van der Waals surface area contributed by atoms with E-state index in [0.29, 0.717) is 5.16 Å². The predicted molar refractivity (Wildman–Crippen MR) is 110 cm³/mol. The Morgan fingerprint density at radius 3 is 2.47 bits per heavy atom. The molecule has 0 radical (unpaired) electrons. The molecule has 0 bridgehead atoms. The van der Waals surface area contributed by atoms with Crippen molar-refractivity contribution in [1.29, 1.82) is 0 Å². The SMILES string of the molecule is COC(=O)c1ccc(C(=O)OC)c(NC(=O)CSc2nncn2-c2ccccc2)c1.